The van der Waals surface area contributed by atoms with Crippen molar-refractivity contribution in [2.24, 2.45) is 17.3 Å². The van der Waals surface area contributed by atoms with Crippen LogP contribution >= 0.6 is 11.9 Å². The van der Waals surface area contributed by atoms with Crippen LogP contribution in [0.1, 0.15) is 83.7 Å². The molecule has 374 valence electrons. The summed E-state index contributed by atoms with van der Waals surface area (Å²) >= 11 is 1.60. The lowest BCUT2D eigenvalue weighted by Crippen LogP contribution is -2.59. The van der Waals surface area contributed by atoms with Crippen LogP contribution < -0.4 is 10.7 Å². The number of aryl methyl sites for hydroxylation is 1. The van der Waals surface area contributed by atoms with Gasteiger partial charge in [-0.25, -0.2) is 9.73 Å². The molecule has 15 nitrogen and oxygen atoms in total. The highest BCUT2D eigenvalue weighted by Gasteiger charge is 2.38. The van der Waals surface area contributed by atoms with Crippen molar-refractivity contribution in [2.45, 2.75) is 98.4 Å². The molecule has 0 aliphatic carbocycles. The van der Waals surface area contributed by atoms with E-state index in [2.05, 4.69) is 75.0 Å². The standard InChI is InChI=1S/C53H74N8O7S/c1-11-60-46-18-17-38(30-43(46)44(31-53(5,6)33-68-34-62)49(60)42-16-14-20-54-47(42)36(4)67-10)40-26-37(27-41(63)29-40)28-45(52(66)61-23-13-12-21-55-61)56-50(64)48(35(2)3)58(9)51(65)39-19-24-59(32-39)69-25-15-22-57(7)8/h14-18,20,25-27,29-30,34-36,39,45,48,55,63H,11-13,19,21-24,28,31-33H2,1-10H3,(H,56,64)/b25-15+/t36?,39-,45?,48?/m0/s1. The van der Waals surface area contributed by atoms with Gasteiger partial charge in [0.2, 0.25) is 11.8 Å². The van der Waals surface area contributed by atoms with Crippen molar-refractivity contribution in [3.05, 3.63) is 83.0 Å². The van der Waals surface area contributed by atoms with Gasteiger partial charge >= 0.3 is 0 Å². The molecule has 4 aromatic rings. The lowest BCUT2D eigenvalue weighted by molar-refractivity contribution is -0.145. The Morgan fingerprint density at radius 2 is 1.84 bits per heavy atom. The van der Waals surface area contributed by atoms with Gasteiger partial charge in [0, 0.05) is 87.9 Å². The normalized spacial score (nSPS) is 17.2. The molecule has 6 rings (SSSR count). The highest BCUT2D eigenvalue weighted by atomic mass is 32.2. The Bertz CT molecular complexity index is 2450. The number of amides is 3. The number of aromatic nitrogens is 2. The third-order valence-electron chi connectivity index (χ3n) is 13.2. The number of carbonyl (C=O) groups is 4. The van der Waals surface area contributed by atoms with Crippen molar-refractivity contribution in [2.75, 3.05) is 67.6 Å². The summed E-state index contributed by atoms with van der Waals surface area (Å²) in [7, 11) is 7.40. The largest absolute Gasteiger partial charge is 0.508 e. The molecular formula is C53H74N8O7S. The molecule has 3 unspecified atom stereocenters. The Labute approximate surface area is 413 Å². The molecule has 0 bridgehead atoms. The zero-order valence-electron chi connectivity index (χ0n) is 42.3. The zero-order valence-corrected chi connectivity index (χ0v) is 43.1. The number of benzene rings is 2. The average Bonchev–Trinajstić information content (AvgIpc) is 3.93. The van der Waals surface area contributed by atoms with Crippen LogP contribution in [0.5, 0.6) is 5.75 Å². The van der Waals surface area contributed by atoms with E-state index in [1.165, 1.54) is 0 Å². The number of phenolic OH excluding ortho intramolecular Hbond substituents is 1. The summed E-state index contributed by atoms with van der Waals surface area (Å²) < 4.78 is 15.6. The summed E-state index contributed by atoms with van der Waals surface area (Å²) in [6.45, 7) is 16.8. The van der Waals surface area contributed by atoms with E-state index in [-0.39, 0.29) is 48.5 Å². The summed E-state index contributed by atoms with van der Waals surface area (Å²) in [6.07, 6.45) is 6.71. The quantitative estimate of drug-likeness (QED) is 0.0537. The minimum Gasteiger partial charge on any atom is -0.508 e. The predicted molar refractivity (Wildman–Crippen MR) is 274 cm³/mol. The minimum atomic E-state index is -0.996. The van der Waals surface area contributed by atoms with Gasteiger partial charge in [-0.05, 0) is 124 Å². The fraction of sp³-hybridized carbons (Fsp3) is 0.528. The minimum absolute atomic E-state index is 0.0197. The topological polar surface area (TPSA) is 162 Å². The maximum atomic E-state index is 14.5. The number of rotatable bonds is 22. The van der Waals surface area contributed by atoms with Crippen molar-refractivity contribution in [3.63, 3.8) is 0 Å². The van der Waals surface area contributed by atoms with Crippen LogP contribution in [-0.4, -0.2) is 138 Å². The Morgan fingerprint density at radius 1 is 1.06 bits per heavy atom. The fourth-order valence-corrected chi connectivity index (χ4v) is 10.6. The first-order chi connectivity index (χ1) is 33.0. The van der Waals surface area contributed by atoms with Crippen LogP contribution in [0.4, 0.5) is 0 Å². The number of pyridine rings is 1. The van der Waals surface area contributed by atoms with Gasteiger partial charge in [0.15, 0.2) is 0 Å². The average molecular weight is 967 g/mol. The Hall–Kier alpha value is -5.26. The molecular weight excluding hydrogens is 893 g/mol. The second-order valence-electron chi connectivity index (χ2n) is 19.9. The molecule has 16 heteroatoms. The van der Waals surface area contributed by atoms with E-state index in [1.54, 1.807) is 54.3 Å². The monoisotopic (exact) mass is 967 g/mol. The smallest absolute Gasteiger partial charge is 0.293 e. The number of hydrazine groups is 1. The fourth-order valence-electron chi connectivity index (χ4n) is 9.74. The Morgan fingerprint density at radius 3 is 2.52 bits per heavy atom. The number of carbonyl (C=O) groups excluding carboxylic acids is 4. The number of hydrogen-bond acceptors (Lipinski definition) is 12. The predicted octanol–water partition coefficient (Wildman–Crippen LogP) is 7.23. The number of hydrogen-bond donors (Lipinski definition) is 3. The van der Waals surface area contributed by atoms with Gasteiger partial charge in [0.05, 0.1) is 30.0 Å². The molecule has 0 saturated carbocycles. The van der Waals surface area contributed by atoms with Gasteiger partial charge in [-0.15, -0.1) is 0 Å². The van der Waals surface area contributed by atoms with Gasteiger partial charge in [-0.1, -0.05) is 57.9 Å². The number of likely N-dealkylation sites (N-methyl/N-ethyl adjacent to an activating group) is 2. The van der Waals surface area contributed by atoms with Crippen LogP contribution in [0.2, 0.25) is 0 Å². The highest BCUT2D eigenvalue weighted by Crippen LogP contribution is 2.42. The van der Waals surface area contributed by atoms with Crippen molar-refractivity contribution in [1.82, 2.24) is 39.4 Å². The molecule has 2 aliphatic heterocycles. The first-order valence-corrected chi connectivity index (χ1v) is 25.2. The summed E-state index contributed by atoms with van der Waals surface area (Å²) in [6, 6.07) is 13.8. The summed E-state index contributed by atoms with van der Waals surface area (Å²) in [5.41, 5.74) is 9.87. The molecule has 4 atom stereocenters. The van der Waals surface area contributed by atoms with Crippen LogP contribution in [0.3, 0.4) is 0 Å². The first-order valence-electron chi connectivity index (χ1n) is 24.3. The maximum Gasteiger partial charge on any atom is 0.293 e. The molecule has 2 aromatic carbocycles. The van der Waals surface area contributed by atoms with Gasteiger partial charge in [0.25, 0.3) is 12.4 Å². The lowest BCUT2D eigenvalue weighted by Gasteiger charge is -2.35. The summed E-state index contributed by atoms with van der Waals surface area (Å²) in [4.78, 5) is 62.8. The molecule has 69 heavy (non-hydrogen) atoms. The molecule has 3 amide bonds. The van der Waals surface area contributed by atoms with Crippen LogP contribution in [-0.2, 0) is 48.0 Å². The van der Waals surface area contributed by atoms with Gasteiger partial charge in [0.1, 0.15) is 17.8 Å². The van der Waals surface area contributed by atoms with Crippen molar-refractivity contribution in [3.8, 4) is 28.1 Å². The molecule has 2 saturated heterocycles. The second kappa shape index (κ2) is 24.0. The zero-order chi connectivity index (χ0) is 50.0. The van der Waals surface area contributed by atoms with Crippen LogP contribution in [0, 0.1) is 17.3 Å². The number of phenols is 1. The van der Waals surface area contributed by atoms with Gasteiger partial charge in [-0.3, -0.25) is 29.2 Å². The van der Waals surface area contributed by atoms with Crippen LogP contribution in [0.25, 0.3) is 33.3 Å². The van der Waals surface area contributed by atoms with Gasteiger partial charge < -0.3 is 34.3 Å². The SMILES string of the molecule is CCn1c(-c2cccnc2C(C)OC)c(CC(C)(C)COC=O)c2cc(-c3cc(O)cc(CC(NC(=O)C(C(C)C)N(C)C(=O)[C@H]4CCN(S/C=C/CN(C)C)C4)C(=O)N4CCCCN4)c3)ccc21. The van der Waals surface area contributed by atoms with E-state index in [0.29, 0.717) is 51.1 Å². The number of aromatic hydroxyl groups is 1. The number of fused-ring (bicyclic) bond motifs is 1. The van der Waals surface area contributed by atoms with E-state index >= 15 is 0 Å². The van der Waals surface area contributed by atoms with Gasteiger partial charge in [-0.2, -0.15) is 0 Å². The summed E-state index contributed by atoms with van der Waals surface area (Å²) in [5.74, 6) is -1.25. The molecule has 4 heterocycles. The maximum absolute atomic E-state index is 14.5. The number of methoxy groups -OCH3 is 1. The third-order valence-corrected chi connectivity index (χ3v) is 14.1. The molecule has 0 radical (unpaired) electrons. The molecule has 2 aromatic heterocycles. The first kappa shape index (κ1) is 53.1. The second-order valence-corrected chi connectivity index (χ2v) is 20.9. The van der Waals surface area contributed by atoms with Crippen LogP contribution in [0.15, 0.2) is 66.2 Å². The van der Waals surface area contributed by atoms with E-state index < -0.39 is 23.4 Å². The van der Waals surface area contributed by atoms with Crippen molar-refractivity contribution < 1.29 is 33.8 Å². The number of ether oxygens (including phenoxy) is 2. The van der Waals surface area contributed by atoms with Crippen molar-refractivity contribution in [1.29, 1.82) is 0 Å². The number of nitrogens with zero attached hydrogens (tertiary/aromatic N) is 6. The molecule has 0 spiro atoms. The third kappa shape index (κ3) is 13.1. The van der Waals surface area contributed by atoms with E-state index in [9.17, 15) is 24.3 Å². The molecule has 2 fully saturated rings. The summed E-state index contributed by atoms with van der Waals surface area (Å²) in [5, 5.41) is 19.1. The lowest BCUT2D eigenvalue weighted by atomic mass is 9.84. The van der Waals surface area contributed by atoms with Crippen molar-refractivity contribution >= 4 is 47.0 Å². The van der Waals surface area contributed by atoms with E-state index in [4.69, 9.17) is 14.5 Å². The highest BCUT2D eigenvalue weighted by molar-refractivity contribution is 7.99. The van der Waals surface area contributed by atoms with E-state index in [0.717, 1.165) is 70.5 Å². The molecule has 3 N–H and O–H groups in total. The Kier molecular flexibility index (Phi) is 18.5. The van der Waals surface area contributed by atoms with E-state index in [1.807, 2.05) is 53.1 Å². The Balaban J connectivity index is 1.33. The molecule has 2 aliphatic rings. The number of nitrogens with one attached hydrogen (secondary N) is 2.